The molecular weight excluding hydrogens is 175 g/mol. The van der Waals surface area contributed by atoms with Crippen LogP contribution in [0.2, 0.25) is 0 Å². The van der Waals surface area contributed by atoms with Crippen molar-refractivity contribution in [3.8, 4) is 0 Å². The van der Waals surface area contributed by atoms with E-state index in [2.05, 4.69) is 6.92 Å². The molecule has 1 aliphatic rings. The number of rotatable bonds is 8. The molecule has 0 aliphatic heterocycles. The molecule has 0 saturated heterocycles. The van der Waals surface area contributed by atoms with Crippen molar-refractivity contribution < 1.29 is 0 Å². The Bertz CT molecular complexity index is 108. The van der Waals surface area contributed by atoms with Gasteiger partial charge in [-0.1, -0.05) is 54.0 Å². The normalized spacial score (nSPS) is 18.2. The van der Waals surface area contributed by atoms with E-state index < -0.39 is 0 Å². The summed E-state index contributed by atoms with van der Waals surface area (Å²) >= 11 is 0. The highest BCUT2D eigenvalue weighted by Gasteiger charge is 2.16. The van der Waals surface area contributed by atoms with Crippen LogP contribution in [0.5, 0.6) is 0 Å². The van der Waals surface area contributed by atoms with E-state index in [0.29, 0.717) is 0 Å². The fourth-order valence-electron chi connectivity index (χ4n) is 1.74. The van der Waals surface area contributed by atoms with Crippen molar-refractivity contribution in [2.75, 3.05) is 6.16 Å². The average molecular weight is 199 g/mol. The lowest BCUT2D eigenvalue weighted by atomic mass is 10.00. The van der Waals surface area contributed by atoms with Crippen LogP contribution in [-0.4, -0.2) is 11.8 Å². The van der Waals surface area contributed by atoms with Gasteiger partial charge in [-0.3, -0.25) is 0 Å². The number of unbranched alkanes of at least 4 members (excludes halogenated alkanes) is 5. The van der Waals surface area contributed by atoms with Crippen LogP contribution in [0.25, 0.3) is 0 Å². The van der Waals surface area contributed by atoms with Crippen LogP contribution < -0.4 is 0 Å². The topological polar surface area (TPSA) is 0 Å². The molecule has 0 amide bonds. The zero-order valence-electron chi connectivity index (χ0n) is 9.10. The van der Waals surface area contributed by atoms with Gasteiger partial charge in [0.1, 0.15) is 0 Å². The molecule has 0 spiro atoms. The van der Waals surface area contributed by atoms with Crippen molar-refractivity contribution in [1.29, 1.82) is 0 Å². The molecule has 0 aromatic rings. The van der Waals surface area contributed by atoms with Crippen molar-refractivity contribution in [2.24, 2.45) is 0 Å². The van der Waals surface area contributed by atoms with Gasteiger partial charge in [0.15, 0.2) is 0 Å². The zero-order chi connectivity index (χ0) is 9.36. The summed E-state index contributed by atoms with van der Waals surface area (Å²) in [4.78, 5) is 0. The summed E-state index contributed by atoms with van der Waals surface area (Å²) in [7, 11) is 1.77. The second-order valence-corrected chi connectivity index (χ2v) is 5.80. The molecule has 0 aromatic heterocycles. The first-order valence-corrected chi connectivity index (χ1v) is 7.25. The second kappa shape index (κ2) is 7.80. The summed E-state index contributed by atoms with van der Waals surface area (Å²) in [5.41, 5.74) is 1.11. The van der Waals surface area contributed by atoms with Crippen molar-refractivity contribution in [2.45, 2.75) is 70.4 Å². The van der Waals surface area contributed by atoms with Crippen LogP contribution in [0.3, 0.4) is 0 Å². The summed E-state index contributed by atoms with van der Waals surface area (Å²) in [5, 5.41) is 0. The molecule has 13 heavy (non-hydrogen) atoms. The molecule has 1 heteroatoms. The van der Waals surface area contributed by atoms with E-state index in [1.54, 1.807) is 8.58 Å². The second-order valence-electron chi connectivity index (χ2n) is 4.26. The summed E-state index contributed by atoms with van der Waals surface area (Å²) in [6, 6.07) is 0. The van der Waals surface area contributed by atoms with Crippen LogP contribution in [0.1, 0.15) is 64.7 Å². The molecule has 0 bridgehead atoms. The Labute approximate surface area is 85.7 Å². The lowest BCUT2D eigenvalue weighted by molar-refractivity contribution is 0.517. The van der Waals surface area contributed by atoms with Crippen LogP contribution in [-0.2, 0) is 0 Å². The molecule has 0 unspecified atom stereocenters. The van der Waals surface area contributed by atoms with Crippen molar-refractivity contribution in [1.82, 2.24) is 0 Å². The molecule has 0 heterocycles. The summed E-state index contributed by atoms with van der Waals surface area (Å²) in [6.45, 7) is 2.29. The van der Waals surface area contributed by atoms with Crippen LogP contribution in [0.15, 0.2) is 0 Å². The molecule has 1 saturated carbocycles. The predicted octanol–water partition coefficient (Wildman–Crippen LogP) is 4.85. The highest BCUT2D eigenvalue weighted by molar-refractivity contribution is 7.38. The minimum absolute atomic E-state index is 1.11. The Morgan fingerprint density at radius 2 is 1.69 bits per heavy atom. The third-order valence-corrected chi connectivity index (χ3v) is 4.58. The van der Waals surface area contributed by atoms with E-state index in [-0.39, 0.29) is 0 Å². The predicted molar refractivity (Wildman–Crippen MR) is 62.8 cm³/mol. The van der Waals surface area contributed by atoms with Crippen molar-refractivity contribution in [3.05, 3.63) is 0 Å². The van der Waals surface area contributed by atoms with Crippen LogP contribution in [0.4, 0.5) is 0 Å². The Balaban J connectivity index is 1.68. The Morgan fingerprint density at radius 3 is 2.31 bits per heavy atom. The maximum Gasteiger partial charge on any atom is -0.0170 e. The smallest absolute Gasteiger partial charge is 0.0170 e. The van der Waals surface area contributed by atoms with Gasteiger partial charge < -0.3 is 0 Å². The maximum atomic E-state index is 2.29. The van der Waals surface area contributed by atoms with Crippen molar-refractivity contribution in [3.63, 3.8) is 0 Å². The van der Waals surface area contributed by atoms with E-state index >= 15 is 0 Å². The minimum Gasteiger partial charge on any atom is -0.0775 e. The fraction of sp³-hybridized carbons (Fsp3) is 1.00. The third-order valence-electron chi connectivity index (χ3n) is 2.97. The zero-order valence-corrected chi connectivity index (χ0v) is 9.99. The van der Waals surface area contributed by atoms with E-state index in [1.807, 2.05) is 0 Å². The maximum absolute atomic E-state index is 2.29. The van der Waals surface area contributed by atoms with E-state index in [0.717, 1.165) is 5.66 Å². The van der Waals surface area contributed by atoms with Gasteiger partial charge in [-0.2, -0.15) is 0 Å². The Hall–Kier alpha value is 0.430. The lowest BCUT2D eigenvalue weighted by Gasteiger charge is -2.24. The SMILES string of the molecule is CCCCCCCC[P]C1CCC1. The summed E-state index contributed by atoms with van der Waals surface area (Å²) in [6.07, 6.45) is 14.8. The summed E-state index contributed by atoms with van der Waals surface area (Å²) in [5.74, 6) is 0. The largest absolute Gasteiger partial charge is 0.0775 e. The Kier molecular flexibility index (Phi) is 6.90. The quantitative estimate of drug-likeness (QED) is 0.387. The van der Waals surface area contributed by atoms with Gasteiger partial charge in [0.05, 0.1) is 0 Å². The summed E-state index contributed by atoms with van der Waals surface area (Å²) < 4.78 is 0. The van der Waals surface area contributed by atoms with Crippen LogP contribution in [0, 0.1) is 0 Å². The molecule has 0 aromatic carbocycles. The molecule has 1 fully saturated rings. The fourth-order valence-corrected chi connectivity index (χ4v) is 3.24. The molecule has 1 aliphatic carbocycles. The van der Waals surface area contributed by atoms with Gasteiger partial charge in [0, 0.05) is 0 Å². The highest BCUT2D eigenvalue weighted by Crippen LogP contribution is 2.36. The third kappa shape index (κ3) is 5.68. The molecular formula is C12H24P. The molecule has 0 nitrogen and oxygen atoms in total. The van der Waals surface area contributed by atoms with E-state index in [4.69, 9.17) is 0 Å². The molecule has 1 rings (SSSR count). The van der Waals surface area contributed by atoms with Gasteiger partial charge in [-0.25, -0.2) is 0 Å². The Morgan fingerprint density at radius 1 is 1.00 bits per heavy atom. The standard InChI is InChI=1S/C12H24P/c1-2-3-4-5-6-7-11-13-12-9-8-10-12/h12H,2-11H2,1H3. The average Bonchev–Trinajstić information content (AvgIpc) is 2.07. The first-order chi connectivity index (χ1) is 6.43. The van der Waals surface area contributed by atoms with Gasteiger partial charge in [0.2, 0.25) is 0 Å². The molecule has 0 N–H and O–H groups in total. The molecule has 0 atom stereocenters. The first-order valence-electron chi connectivity index (χ1n) is 6.10. The van der Waals surface area contributed by atoms with E-state index in [9.17, 15) is 0 Å². The minimum atomic E-state index is 1.11. The monoisotopic (exact) mass is 199 g/mol. The van der Waals surface area contributed by atoms with E-state index in [1.165, 1.54) is 63.9 Å². The van der Waals surface area contributed by atoms with Gasteiger partial charge in [-0.05, 0) is 31.1 Å². The van der Waals surface area contributed by atoms with Gasteiger partial charge >= 0.3 is 0 Å². The van der Waals surface area contributed by atoms with Crippen LogP contribution >= 0.6 is 8.58 Å². The molecule has 77 valence electrons. The first kappa shape index (κ1) is 11.5. The number of hydrogen-bond donors (Lipinski definition) is 0. The molecule has 1 radical (unpaired) electrons. The number of hydrogen-bond acceptors (Lipinski definition) is 0. The lowest BCUT2D eigenvalue weighted by Crippen LogP contribution is -2.11. The van der Waals surface area contributed by atoms with Gasteiger partial charge in [-0.15, -0.1) is 0 Å². The van der Waals surface area contributed by atoms with Crippen molar-refractivity contribution >= 4 is 8.58 Å². The highest BCUT2D eigenvalue weighted by atomic mass is 31.1. The van der Waals surface area contributed by atoms with Gasteiger partial charge in [0.25, 0.3) is 0 Å².